The molecule has 0 aromatic heterocycles. The summed E-state index contributed by atoms with van der Waals surface area (Å²) < 4.78 is 45.8. The maximum Gasteiger partial charge on any atom is 0.198 e. The highest BCUT2D eigenvalue weighted by molar-refractivity contribution is 9.10. The highest BCUT2D eigenvalue weighted by Gasteiger charge is 2.14. The maximum atomic E-state index is 13.6. The first-order chi connectivity index (χ1) is 9.01. The van der Waals surface area contributed by atoms with Crippen LogP contribution in [0.3, 0.4) is 0 Å². The van der Waals surface area contributed by atoms with Crippen LogP contribution >= 0.6 is 15.9 Å². The Kier molecular flexibility index (Phi) is 4.11. The van der Waals surface area contributed by atoms with Gasteiger partial charge in [-0.1, -0.05) is 0 Å². The molecule has 19 heavy (non-hydrogen) atoms. The normalized spacial score (nSPS) is 10.6. The first kappa shape index (κ1) is 13.9. The van der Waals surface area contributed by atoms with E-state index in [9.17, 15) is 13.2 Å². The molecule has 2 N–H and O–H groups in total. The average Bonchev–Trinajstić information content (AvgIpc) is 2.37. The molecule has 100 valence electrons. The van der Waals surface area contributed by atoms with E-state index in [1.54, 1.807) is 0 Å². The van der Waals surface area contributed by atoms with Crippen LogP contribution in [-0.2, 0) is 6.54 Å². The van der Waals surface area contributed by atoms with E-state index in [0.717, 1.165) is 18.2 Å². The van der Waals surface area contributed by atoms with Gasteiger partial charge in [0.25, 0.3) is 0 Å². The van der Waals surface area contributed by atoms with Gasteiger partial charge >= 0.3 is 0 Å². The van der Waals surface area contributed by atoms with Crippen molar-refractivity contribution in [1.29, 1.82) is 0 Å². The van der Waals surface area contributed by atoms with Crippen LogP contribution in [0, 0.1) is 17.5 Å². The van der Waals surface area contributed by atoms with Gasteiger partial charge in [-0.2, -0.15) is 0 Å². The molecule has 2 aromatic rings. The van der Waals surface area contributed by atoms with Crippen molar-refractivity contribution < 1.29 is 17.9 Å². The van der Waals surface area contributed by atoms with Gasteiger partial charge in [0.1, 0.15) is 11.6 Å². The maximum absolute atomic E-state index is 13.6. The molecule has 0 heterocycles. The summed E-state index contributed by atoms with van der Waals surface area (Å²) in [6.45, 7) is 0.0149. The molecule has 6 heteroatoms. The molecular formula is C13H9BrF3NO. The second-order valence-electron chi connectivity index (χ2n) is 3.77. The molecule has 0 unspecified atom stereocenters. The van der Waals surface area contributed by atoms with Crippen LogP contribution < -0.4 is 10.5 Å². The highest BCUT2D eigenvalue weighted by atomic mass is 79.9. The third kappa shape index (κ3) is 3.08. The largest absolute Gasteiger partial charge is 0.451 e. The Morgan fingerprint density at radius 1 is 1.00 bits per heavy atom. The fraction of sp³-hybridized carbons (Fsp3) is 0.0769. The van der Waals surface area contributed by atoms with E-state index in [-0.39, 0.29) is 16.8 Å². The fourth-order valence-corrected chi connectivity index (χ4v) is 1.73. The summed E-state index contributed by atoms with van der Waals surface area (Å²) in [4.78, 5) is 0. The first-order valence-electron chi connectivity index (χ1n) is 5.32. The van der Waals surface area contributed by atoms with Crippen molar-refractivity contribution in [2.75, 3.05) is 0 Å². The summed E-state index contributed by atoms with van der Waals surface area (Å²) in [7, 11) is 0. The van der Waals surface area contributed by atoms with Crippen molar-refractivity contribution in [3.8, 4) is 11.5 Å². The summed E-state index contributed by atoms with van der Waals surface area (Å²) in [6, 6.07) is 5.96. The minimum Gasteiger partial charge on any atom is -0.451 e. The molecule has 0 aliphatic heterocycles. The summed E-state index contributed by atoms with van der Waals surface area (Å²) in [5.74, 6) is -2.94. The van der Waals surface area contributed by atoms with Gasteiger partial charge in [0, 0.05) is 12.6 Å². The lowest BCUT2D eigenvalue weighted by Crippen LogP contribution is -2.00. The lowest BCUT2D eigenvalue weighted by molar-refractivity contribution is 0.404. The van der Waals surface area contributed by atoms with E-state index >= 15 is 0 Å². The smallest absolute Gasteiger partial charge is 0.198 e. The van der Waals surface area contributed by atoms with Crippen molar-refractivity contribution >= 4 is 15.9 Å². The summed E-state index contributed by atoms with van der Waals surface area (Å²) >= 11 is 2.97. The Morgan fingerprint density at radius 2 is 1.63 bits per heavy atom. The number of rotatable bonds is 3. The Hall–Kier alpha value is -1.53. The minimum atomic E-state index is -0.885. The van der Waals surface area contributed by atoms with Gasteiger partial charge in [-0.05, 0) is 45.8 Å². The zero-order chi connectivity index (χ0) is 14.0. The summed E-state index contributed by atoms with van der Waals surface area (Å²) in [6.07, 6.45) is 0. The summed E-state index contributed by atoms with van der Waals surface area (Å²) in [5, 5.41) is 0. The topological polar surface area (TPSA) is 35.2 Å². The van der Waals surface area contributed by atoms with E-state index in [4.69, 9.17) is 10.5 Å². The number of nitrogens with two attached hydrogens (primary N) is 1. The zero-order valence-corrected chi connectivity index (χ0v) is 11.2. The number of hydrogen-bond acceptors (Lipinski definition) is 2. The molecule has 0 aliphatic carbocycles. The molecule has 0 saturated heterocycles. The van der Waals surface area contributed by atoms with Crippen LogP contribution in [0.4, 0.5) is 13.2 Å². The van der Waals surface area contributed by atoms with Gasteiger partial charge in [0.05, 0.1) is 4.47 Å². The van der Waals surface area contributed by atoms with Crippen LogP contribution in [0.15, 0.2) is 34.8 Å². The average molecular weight is 332 g/mol. The van der Waals surface area contributed by atoms with E-state index < -0.39 is 23.2 Å². The van der Waals surface area contributed by atoms with Gasteiger partial charge < -0.3 is 10.5 Å². The molecule has 0 amide bonds. The third-order valence-electron chi connectivity index (χ3n) is 2.40. The molecule has 0 aliphatic rings. The van der Waals surface area contributed by atoms with E-state index in [1.807, 2.05) is 0 Å². The van der Waals surface area contributed by atoms with Gasteiger partial charge in [0.15, 0.2) is 17.4 Å². The van der Waals surface area contributed by atoms with Gasteiger partial charge in [-0.15, -0.1) is 0 Å². The quantitative estimate of drug-likeness (QED) is 0.918. The molecule has 0 radical (unpaired) electrons. The van der Waals surface area contributed by atoms with Crippen LogP contribution in [0.1, 0.15) is 5.56 Å². The predicted octanol–water partition coefficient (Wildman–Crippen LogP) is 4.12. The molecule has 0 saturated carbocycles. The lowest BCUT2D eigenvalue weighted by Gasteiger charge is -2.09. The molecular weight excluding hydrogens is 323 g/mol. The van der Waals surface area contributed by atoms with Gasteiger partial charge in [-0.3, -0.25) is 0 Å². The van der Waals surface area contributed by atoms with Crippen LogP contribution in [0.5, 0.6) is 11.5 Å². The highest BCUT2D eigenvalue weighted by Crippen LogP contribution is 2.30. The molecule has 2 nitrogen and oxygen atoms in total. The van der Waals surface area contributed by atoms with E-state index in [1.165, 1.54) is 12.1 Å². The van der Waals surface area contributed by atoms with Crippen molar-refractivity contribution in [2.24, 2.45) is 5.73 Å². The standard InChI is InChI=1S/C13H9BrF3NO/c14-9-2-1-8(5-10(9)15)19-13-11(16)3-7(6-18)4-12(13)17/h1-5H,6,18H2. The molecule has 0 bridgehead atoms. The SMILES string of the molecule is NCc1cc(F)c(Oc2ccc(Br)c(F)c2)c(F)c1. The second kappa shape index (κ2) is 5.63. The third-order valence-corrected chi connectivity index (χ3v) is 3.05. The van der Waals surface area contributed by atoms with Crippen LogP contribution in [0.2, 0.25) is 0 Å². The van der Waals surface area contributed by atoms with E-state index in [0.29, 0.717) is 5.56 Å². The Balaban J connectivity index is 2.35. The molecule has 2 rings (SSSR count). The Morgan fingerprint density at radius 3 is 2.16 bits per heavy atom. The first-order valence-corrected chi connectivity index (χ1v) is 6.11. The molecule has 0 atom stereocenters. The number of hydrogen-bond donors (Lipinski definition) is 1. The summed E-state index contributed by atoms with van der Waals surface area (Å²) in [5.41, 5.74) is 5.61. The molecule has 0 fully saturated rings. The minimum absolute atomic E-state index is 0.000927. The van der Waals surface area contributed by atoms with Crippen molar-refractivity contribution in [3.63, 3.8) is 0 Å². The van der Waals surface area contributed by atoms with E-state index in [2.05, 4.69) is 15.9 Å². The Labute approximate surface area is 116 Å². The van der Waals surface area contributed by atoms with Crippen molar-refractivity contribution in [3.05, 3.63) is 57.8 Å². The molecule has 0 spiro atoms. The van der Waals surface area contributed by atoms with Crippen molar-refractivity contribution in [2.45, 2.75) is 6.54 Å². The number of benzene rings is 2. The number of ether oxygens (including phenoxy) is 1. The monoisotopic (exact) mass is 331 g/mol. The fourth-order valence-electron chi connectivity index (χ4n) is 1.49. The zero-order valence-electron chi connectivity index (χ0n) is 9.59. The number of halogens is 4. The van der Waals surface area contributed by atoms with Gasteiger partial charge in [0.2, 0.25) is 0 Å². The van der Waals surface area contributed by atoms with Crippen LogP contribution in [0.25, 0.3) is 0 Å². The molecule has 2 aromatic carbocycles. The predicted molar refractivity (Wildman–Crippen MR) is 68.4 cm³/mol. The lowest BCUT2D eigenvalue weighted by atomic mass is 10.2. The van der Waals surface area contributed by atoms with Gasteiger partial charge in [-0.25, -0.2) is 13.2 Å². The van der Waals surface area contributed by atoms with Crippen molar-refractivity contribution in [1.82, 2.24) is 0 Å². The second-order valence-corrected chi connectivity index (χ2v) is 4.63. The Bertz CT molecular complexity index is 596. The van der Waals surface area contributed by atoms with Crippen LogP contribution in [-0.4, -0.2) is 0 Å².